The van der Waals surface area contributed by atoms with Crippen molar-refractivity contribution in [3.05, 3.63) is 83.9 Å². The fraction of sp³-hybridized carbons (Fsp3) is 0.441. The molecule has 2 atom stereocenters. The number of hydrogen-bond acceptors (Lipinski definition) is 4. The summed E-state index contributed by atoms with van der Waals surface area (Å²) in [6, 6.07) is 19.9. The Bertz CT molecular complexity index is 1350. The van der Waals surface area contributed by atoms with Crippen LogP contribution in [0, 0.1) is 0 Å². The maximum absolute atomic E-state index is 15.5. The predicted octanol–water partition coefficient (Wildman–Crippen LogP) is 9.81. The van der Waals surface area contributed by atoms with Crippen molar-refractivity contribution in [3.8, 4) is 16.9 Å². The minimum Gasteiger partial charge on any atom is -0.494 e. The highest BCUT2D eigenvalue weighted by Gasteiger charge is 2.55. The third kappa shape index (κ3) is 8.98. The summed E-state index contributed by atoms with van der Waals surface area (Å²) in [7, 11) is -5.41. The zero-order valence-corrected chi connectivity index (χ0v) is 26.5. The van der Waals surface area contributed by atoms with Crippen molar-refractivity contribution in [2.75, 3.05) is 18.1 Å². The number of para-hydroxylation sites is 1. The van der Waals surface area contributed by atoms with Crippen LogP contribution >= 0.6 is 7.60 Å². The van der Waals surface area contributed by atoms with E-state index in [-0.39, 0.29) is 18.7 Å². The highest BCUT2D eigenvalue weighted by molar-refractivity contribution is 7.53. The summed E-state index contributed by atoms with van der Waals surface area (Å²) < 4.78 is 54.4. The summed E-state index contributed by atoms with van der Waals surface area (Å²) in [6.07, 6.45) is 6.67. The SMILES string of the molecule is CCCCCCCCOc1ccc(-c2ccc(C(=O)N(CC)c3ccccc3C(F)(F)P(=O)(O)OC(C)CC)cc2)cc1. The fourth-order valence-corrected chi connectivity index (χ4v) is 5.96. The van der Waals surface area contributed by atoms with Gasteiger partial charge in [-0.1, -0.05) is 88.4 Å². The van der Waals surface area contributed by atoms with E-state index in [1.54, 1.807) is 38.1 Å². The van der Waals surface area contributed by atoms with E-state index in [0.717, 1.165) is 29.4 Å². The van der Waals surface area contributed by atoms with Gasteiger partial charge in [0, 0.05) is 12.1 Å². The highest BCUT2D eigenvalue weighted by atomic mass is 31.2. The standard InChI is InChI=1S/C34H44F2NO5P/c1-5-8-9-10-11-14-25-41-30-23-21-28(22-24-30)27-17-19-29(20-18-27)33(38)37(7-3)32-16-13-12-15-31(32)34(35,36)43(39,40)42-26(4)6-2/h12-13,15-24,26H,5-11,14,25H2,1-4H3,(H,39,40). The van der Waals surface area contributed by atoms with E-state index in [4.69, 9.17) is 9.26 Å². The minimum absolute atomic E-state index is 0.0653. The van der Waals surface area contributed by atoms with Crippen molar-refractivity contribution < 1.29 is 32.3 Å². The number of hydrogen-bond donors (Lipinski definition) is 1. The van der Waals surface area contributed by atoms with Crippen molar-refractivity contribution in [3.63, 3.8) is 0 Å². The highest BCUT2D eigenvalue weighted by Crippen LogP contribution is 2.65. The number of nitrogens with zero attached hydrogens (tertiary/aromatic N) is 1. The molecule has 3 aromatic rings. The van der Waals surface area contributed by atoms with Gasteiger partial charge in [0.15, 0.2) is 0 Å². The van der Waals surface area contributed by atoms with Crippen molar-refractivity contribution in [2.24, 2.45) is 0 Å². The maximum atomic E-state index is 15.5. The summed E-state index contributed by atoms with van der Waals surface area (Å²) in [5, 5.41) is 0. The van der Waals surface area contributed by atoms with Crippen molar-refractivity contribution in [2.45, 2.75) is 84.4 Å². The van der Waals surface area contributed by atoms with Gasteiger partial charge in [0.25, 0.3) is 5.91 Å². The molecule has 0 fully saturated rings. The molecular weight excluding hydrogens is 571 g/mol. The van der Waals surface area contributed by atoms with Gasteiger partial charge in [0.05, 0.1) is 24.0 Å². The number of anilines is 1. The molecule has 3 rings (SSSR count). The number of carbonyl (C=O) groups is 1. The molecule has 0 bridgehead atoms. The topological polar surface area (TPSA) is 76.1 Å². The van der Waals surface area contributed by atoms with Gasteiger partial charge in [-0.3, -0.25) is 9.36 Å². The first-order chi connectivity index (χ1) is 20.6. The first-order valence-corrected chi connectivity index (χ1v) is 16.8. The molecular formula is C34H44F2NO5P. The second-order valence-electron chi connectivity index (χ2n) is 10.7. The molecule has 0 aliphatic heterocycles. The number of benzene rings is 3. The van der Waals surface area contributed by atoms with Gasteiger partial charge in [-0.2, -0.15) is 8.78 Å². The van der Waals surface area contributed by atoms with Crippen LogP contribution in [-0.2, 0) is 14.8 Å². The van der Waals surface area contributed by atoms with Crippen LogP contribution in [0.2, 0.25) is 0 Å². The van der Waals surface area contributed by atoms with Gasteiger partial charge in [-0.25, -0.2) is 0 Å². The molecule has 0 aliphatic carbocycles. The molecule has 0 radical (unpaired) electrons. The van der Waals surface area contributed by atoms with Crippen molar-refractivity contribution >= 4 is 19.2 Å². The zero-order chi connectivity index (χ0) is 31.5. The summed E-state index contributed by atoms with van der Waals surface area (Å²) in [6.45, 7) is 7.74. The molecule has 43 heavy (non-hydrogen) atoms. The molecule has 1 N–H and O–H groups in total. The molecule has 2 unspecified atom stereocenters. The molecule has 3 aromatic carbocycles. The predicted molar refractivity (Wildman–Crippen MR) is 169 cm³/mol. The lowest BCUT2D eigenvalue weighted by Crippen LogP contribution is -2.33. The average molecular weight is 616 g/mol. The van der Waals surface area contributed by atoms with Crippen LogP contribution < -0.4 is 9.64 Å². The van der Waals surface area contributed by atoms with Crippen molar-refractivity contribution in [1.29, 1.82) is 0 Å². The molecule has 1 amide bonds. The van der Waals surface area contributed by atoms with Gasteiger partial charge in [-0.05, 0) is 68.1 Å². The quantitative estimate of drug-likeness (QED) is 0.121. The van der Waals surface area contributed by atoms with Gasteiger partial charge in [-0.15, -0.1) is 0 Å². The Morgan fingerprint density at radius 2 is 1.47 bits per heavy atom. The summed E-state index contributed by atoms with van der Waals surface area (Å²) >= 11 is 0. The Morgan fingerprint density at radius 3 is 2.07 bits per heavy atom. The normalized spacial score (nSPS) is 13.7. The van der Waals surface area contributed by atoms with Crippen LogP contribution in [-0.4, -0.2) is 30.1 Å². The molecule has 0 spiro atoms. The van der Waals surface area contributed by atoms with E-state index in [1.165, 1.54) is 62.1 Å². The van der Waals surface area contributed by atoms with E-state index < -0.39 is 30.8 Å². The molecule has 0 aliphatic rings. The van der Waals surface area contributed by atoms with Crippen LogP contribution in [0.1, 0.15) is 88.6 Å². The molecule has 6 nitrogen and oxygen atoms in total. The van der Waals surface area contributed by atoms with Gasteiger partial charge >= 0.3 is 13.3 Å². The van der Waals surface area contributed by atoms with Gasteiger partial charge in [0.1, 0.15) is 5.75 Å². The fourth-order valence-electron chi connectivity index (χ4n) is 4.70. The van der Waals surface area contributed by atoms with Crippen molar-refractivity contribution in [1.82, 2.24) is 0 Å². The summed E-state index contributed by atoms with van der Waals surface area (Å²) in [4.78, 5) is 24.9. The van der Waals surface area contributed by atoms with E-state index in [2.05, 4.69) is 6.92 Å². The van der Waals surface area contributed by atoms with Crippen LogP contribution in [0.5, 0.6) is 5.75 Å². The van der Waals surface area contributed by atoms with Gasteiger partial charge < -0.3 is 19.1 Å². The minimum atomic E-state index is -5.41. The number of carbonyl (C=O) groups excluding carboxylic acids is 1. The van der Waals surface area contributed by atoms with E-state index >= 15 is 8.78 Å². The first-order valence-electron chi connectivity index (χ1n) is 15.2. The van der Waals surface area contributed by atoms with E-state index in [1.807, 2.05) is 24.3 Å². The van der Waals surface area contributed by atoms with Crippen LogP contribution in [0.15, 0.2) is 72.8 Å². The molecule has 234 valence electrons. The molecule has 0 saturated carbocycles. The van der Waals surface area contributed by atoms with E-state index in [9.17, 15) is 14.3 Å². The molecule has 0 heterocycles. The van der Waals surface area contributed by atoms with Crippen LogP contribution in [0.3, 0.4) is 0 Å². The lowest BCUT2D eigenvalue weighted by Gasteiger charge is -2.30. The average Bonchev–Trinajstić information content (AvgIpc) is 3.01. The number of rotatable bonds is 17. The first kappa shape index (κ1) is 34.4. The lowest BCUT2D eigenvalue weighted by atomic mass is 10.0. The summed E-state index contributed by atoms with van der Waals surface area (Å²) in [5.41, 5.74) is -2.99. The molecule has 0 aromatic heterocycles. The summed E-state index contributed by atoms with van der Waals surface area (Å²) in [5.74, 6) is 0.298. The molecule has 0 saturated heterocycles. The number of unbranched alkanes of at least 4 members (excludes halogenated alkanes) is 5. The smallest absolute Gasteiger partial charge is 0.402 e. The largest absolute Gasteiger partial charge is 0.494 e. The Balaban J connectivity index is 1.72. The monoisotopic (exact) mass is 615 g/mol. The van der Waals surface area contributed by atoms with E-state index in [0.29, 0.717) is 12.2 Å². The Labute approximate surface area is 254 Å². The lowest BCUT2D eigenvalue weighted by molar-refractivity contribution is 0.0350. The maximum Gasteiger partial charge on any atom is 0.402 e. The second-order valence-corrected chi connectivity index (χ2v) is 12.5. The number of alkyl halides is 2. The van der Waals surface area contributed by atoms with Gasteiger partial charge in [0.2, 0.25) is 0 Å². The third-order valence-electron chi connectivity index (χ3n) is 7.42. The van der Waals surface area contributed by atoms with Crippen LogP contribution in [0.4, 0.5) is 14.5 Å². The second kappa shape index (κ2) is 16.1. The number of amides is 1. The van der Waals surface area contributed by atoms with Crippen LogP contribution in [0.25, 0.3) is 11.1 Å². The Kier molecular flexibility index (Phi) is 12.9. The Hall–Kier alpha value is -3.06. The number of ether oxygens (including phenoxy) is 1. The third-order valence-corrected chi connectivity index (χ3v) is 9.02. The number of halogens is 2. The zero-order valence-electron chi connectivity index (χ0n) is 25.6. The Morgan fingerprint density at radius 1 is 0.884 bits per heavy atom. The molecule has 9 heteroatoms.